The molecule has 350 valence electrons. The topological polar surface area (TPSA) is 83.7 Å². The summed E-state index contributed by atoms with van der Waals surface area (Å²) in [7, 11) is 0. The zero-order valence-electron chi connectivity index (χ0n) is 34.4. The molecule has 0 spiro atoms. The van der Waals surface area contributed by atoms with E-state index in [1.165, 1.54) is 43.3 Å². The molecule has 69 heavy (non-hydrogen) atoms. The molecule has 0 amide bonds. The minimum Gasteiger partial charge on any atom is -0.458 e. The molecular formula is C48H21F15N4O2. The van der Waals surface area contributed by atoms with Crippen LogP contribution in [0.25, 0.3) is 90.9 Å². The molecule has 7 aromatic rings. The highest BCUT2D eigenvalue weighted by Gasteiger charge is 2.34. The summed E-state index contributed by atoms with van der Waals surface area (Å²) in [6.07, 6.45) is 3.03. The Kier molecular flexibility index (Phi) is 11.3. The maximum absolute atomic E-state index is 15.9. The van der Waals surface area contributed by atoms with E-state index in [0.29, 0.717) is 5.56 Å². The molecule has 1 atom stereocenters. The van der Waals surface area contributed by atoms with Gasteiger partial charge in [-0.25, -0.2) is 75.8 Å². The van der Waals surface area contributed by atoms with Gasteiger partial charge < -0.3 is 14.7 Å². The van der Waals surface area contributed by atoms with E-state index in [9.17, 15) is 26.7 Å². The molecule has 0 saturated heterocycles. The summed E-state index contributed by atoms with van der Waals surface area (Å²) >= 11 is 0. The highest BCUT2D eigenvalue weighted by molar-refractivity contribution is 6.00. The standard InChI is InChI=1S/C48H21F15N4O2/c1-15(69-16(2)68)17-3-5-18(6-4-17)27-19-7-9-21(64-19)28(31-34(49)40(55)46(61)41(56)35(31)50)23-11-13-25(66-23)30(33-38(53)44(59)48(63)45(60)39(33)54)26-14-12-24(67-26)29(22-10-8-20(27)65-22)32-36(51)42(57)47(62)43(58)37(32)52/h3-15,64,67H,1-2H3/t15-/m1/s1. The number of aromatic nitrogens is 4. The second-order valence-corrected chi connectivity index (χ2v) is 15.2. The van der Waals surface area contributed by atoms with Crippen molar-refractivity contribution in [2.75, 3.05) is 0 Å². The normalized spacial score (nSPS) is 12.6. The number of nitrogens with zero attached hydrogens (tertiary/aromatic N) is 2. The fraction of sp³-hybridized carbons (Fsp3) is 0.0625. The van der Waals surface area contributed by atoms with Crippen molar-refractivity contribution < 1.29 is 75.4 Å². The van der Waals surface area contributed by atoms with E-state index < -0.39 is 166 Å². The van der Waals surface area contributed by atoms with Crippen molar-refractivity contribution in [2.24, 2.45) is 0 Å². The number of H-pyrrole nitrogens is 2. The van der Waals surface area contributed by atoms with E-state index in [-0.39, 0.29) is 22.3 Å². The average molecular weight is 971 g/mol. The zero-order chi connectivity index (χ0) is 49.7. The quantitative estimate of drug-likeness (QED) is 0.0753. The van der Waals surface area contributed by atoms with E-state index in [1.807, 2.05) is 0 Å². The van der Waals surface area contributed by atoms with Crippen LogP contribution in [0.1, 0.15) is 48.3 Å². The molecule has 0 radical (unpaired) electrons. The van der Waals surface area contributed by atoms with Gasteiger partial charge in [0.15, 0.2) is 69.8 Å². The van der Waals surface area contributed by atoms with Gasteiger partial charge in [0, 0.05) is 51.2 Å². The van der Waals surface area contributed by atoms with Gasteiger partial charge in [-0.15, -0.1) is 0 Å². The van der Waals surface area contributed by atoms with Crippen LogP contribution >= 0.6 is 0 Å². The number of carbonyl (C=O) groups excluding carboxylic acids is 1. The Bertz CT molecular complexity index is 3500. The first-order chi connectivity index (χ1) is 32.7. The van der Waals surface area contributed by atoms with Gasteiger partial charge in [0.1, 0.15) is 6.10 Å². The first-order valence-corrected chi connectivity index (χ1v) is 19.7. The molecule has 6 nitrogen and oxygen atoms in total. The van der Waals surface area contributed by atoms with Gasteiger partial charge in [-0.05, 0) is 66.6 Å². The van der Waals surface area contributed by atoms with Crippen LogP contribution in [0, 0.1) is 87.3 Å². The Morgan fingerprint density at radius 3 is 0.942 bits per heavy atom. The average Bonchev–Trinajstić information content (AvgIpc) is 4.19. The van der Waals surface area contributed by atoms with Crippen LogP contribution in [-0.2, 0) is 9.53 Å². The Morgan fingerprint density at radius 2 is 0.652 bits per heavy atom. The van der Waals surface area contributed by atoms with Crippen molar-refractivity contribution in [1.82, 2.24) is 19.9 Å². The molecule has 0 saturated carbocycles. The van der Waals surface area contributed by atoms with E-state index in [2.05, 4.69) is 19.9 Å². The number of hydrogen-bond donors (Lipinski definition) is 2. The largest absolute Gasteiger partial charge is 0.458 e. The second-order valence-electron chi connectivity index (χ2n) is 15.2. The smallest absolute Gasteiger partial charge is 0.303 e. The zero-order valence-corrected chi connectivity index (χ0v) is 34.4. The number of hydrogen-bond acceptors (Lipinski definition) is 4. The third-order valence-electron chi connectivity index (χ3n) is 11.1. The summed E-state index contributed by atoms with van der Waals surface area (Å²) in [5.74, 6) is -37.6. The molecule has 21 heteroatoms. The maximum atomic E-state index is 15.9. The van der Waals surface area contributed by atoms with Crippen LogP contribution in [0.3, 0.4) is 0 Å². The van der Waals surface area contributed by atoms with Crippen LogP contribution in [0.4, 0.5) is 65.9 Å². The highest BCUT2D eigenvalue weighted by Crippen LogP contribution is 2.43. The molecule has 2 aliphatic heterocycles. The number of rotatable bonds is 6. The summed E-state index contributed by atoms with van der Waals surface area (Å²) in [5, 5.41) is 0. The van der Waals surface area contributed by atoms with Crippen molar-refractivity contribution in [3.8, 4) is 44.5 Å². The van der Waals surface area contributed by atoms with Crippen molar-refractivity contribution in [3.63, 3.8) is 0 Å². The van der Waals surface area contributed by atoms with Gasteiger partial charge in [0.2, 0.25) is 17.5 Å². The first-order valence-electron chi connectivity index (χ1n) is 19.7. The summed E-state index contributed by atoms with van der Waals surface area (Å²) < 4.78 is 234. The molecule has 2 aliphatic rings. The van der Waals surface area contributed by atoms with E-state index >= 15 is 43.9 Å². The van der Waals surface area contributed by atoms with Gasteiger partial charge in [0.25, 0.3) is 0 Å². The van der Waals surface area contributed by atoms with Crippen LogP contribution in [0.2, 0.25) is 0 Å². The Morgan fingerprint density at radius 1 is 0.391 bits per heavy atom. The molecule has 0 unspecified atom stereocenters. The molecule has 9 rings (SSSR count). The van der Waals surface area contributed by atoms with E-state index in [4.69, 9.17) is 4.74 Å². The number of nitrogens with one attached hydrogen (secondary N) is 2. The predicted octanol–water partition coefficient (Wildman–Crippen LogP) is 14.0. The van der Waals surface area contributed by atoms with Crippen molar-refractivity contribution in [2.45, 2.75) is 20.0 Å². The van der Waals surface area contributed by atoms with Crippen LogP contribution in [0.15, 0.2) is 48.5 Å². The molecular weight excluding hydrogens is 950 g/mol. The highest BCUT2D eigenvalue weighted by atomic mass is 19.2. The lowest BCUT2D eigenvalue weighted by molar-refractivity contribution is -0.145. The number of aromatic amines is 2. The fourth-order valence-electron chi connectivity index (χ4n) is 8.01. The molecule has 4 aromatic carbocycles. The fourth-order valence-corrected chi connectivity index (χ4v) is 8.01. The summed E-state index contributed by atoms with van der Waals surface area (Å²) in [4.78, 5) is 25.5. The van der Waals surface area contributed by atoms with E-state index in [0.717, 1.165) is 36.4 Å². The third-order valence-corrected chi connectivity index (χ3v) is 11.1. The summed E-state index contributed by atoms with van der Waals surface area (Å²) in [6, 6.07) is 9.84. The minimum absolute atomic E-state index is 0.00920. The molecule has 5 heterocycles. The second kappa shape index (κ2) is 16.9. The number of ether oxygens (including phenoxy) is 1. The Balaban J connectivity index is 1.52. The van der Waals surface area contributed by atoms with Gasteiger partial charge >= 0.3 is 5.97 Å². The SMILES string of the molecule is CC(=O)O[C@H](C)c1ccc(-c2c3nc(c(-c4c(F)c(F)c(F)c(F)c4F)c4ccc([nH]4)c(-c4c(F)c(F)c(F)c(F)c4F)c4nc(c(-c5c(F)c(F)c(F)c(F)c5F)c5ccc2[nH]5)C=C4)C=C3)cc1. The molecule has 0 fully saturated rings. The number of fused-ring (bicyclic) bond motifs is 8. The van der Waals surface area contributed by atoms with Crippen LogP contribution < -0.4 is 0 Å². The van der Waals surface area contributed by atoms with Crippen molar-refractivity contribution in [1.29, 1.82) is 0 Å². The number of esters is 1. The van der Waals surface area contributed by atoms with E-state index in [1.54, 1.807) is 6.92 Å². The molecule has 8 bridgehead atoms. The Hall–Kier alpha value is -8.10. The monoisotopic (exact) mass is 970 g/mol. The van der Waals surface area contributed by atoms with Gasteiger partial charge in [-0.1, -0.05) is 24.3 Å². The predicted molar refractivity (Wildman–Crippen MR) is 220 cm³/mol. The lowest BCUT2D eigenvalue weighted by Gasteiger charge is -2.13. The number of benzene rings is 4. The lowest BCUT2D eigenvalue weighted by Crippen LogP contribution is -2.06. The number of carbonyl (C=O) groups is 1. The van der Waals surface area contributed by atoms with Gasteiger partial charge in [0.05, 0.1) is 39.5 Å². The summed E-state index contributed by atoms with van der Waals surface area (Å²) in [6.45, 7) is 2.71. The van der Waals surface area contributed by atoms with Crippen molar-refractivity contribution in [3.05, 3.63) is 164 Å². The van der Waals surface area contributed by atoms with Gasteiger partial charge in [-0.2, -0.15) is 0 Å². The molecule has 3 aromatic heterocycles. The first kappa shape index (κ1) is 46.0. The summed E-state index contributed by atoms with van der Waals surface area (Å²) in [5.41, 5.74) is -11.7. The molecule has 0 aliphatic carbocycles. The van der Waals surface area contributed by atoms with Gasteiger partial charge in [-0.3, -0.25) is 4.79 Å². The third kappa shape index (κ3) is 7.30. The minimum atomic E-state index is -2.63. The maximum Gasteiger partial charge on any atom is 0.303 e. The van der Waals surface area contributed by atoms with Crippen LogP contribution in [-0.4, -0.2) is 25.9 Å². The Labute approximate surface area is 375 Å². The molecule has 2 N–H and O–H groups in total. The van der Waals surface area contributed by atoms with Crippen LogP contribution in [0.5, 0.6) is 0 Å². The van der Waals surface area contributed by atoms with Crippen molar-refractivity contribution >= 4 is 52.3 Å². The lowest BCUT2D eigenvalue weighted by atomic mass is 10.0. The number of halogens is 15.